The number of nitrogens with one attached hydrogen (secondary N) is 1. The molecule has 1 aliphatic heterocycles. The van der Waals surface area contributed by atoms with Crippen LogP contribution in [0.1, 0.15) is 84.2 Å². The number of nitrogens with zero attached hydrogens (tertiary/aromatic N) is 3. The number of aryl methyl sites for hydroxylation is 2. The molecule has 4 heterocycles. The lowest BCUT2D eigenvalue weighted by atomic mass is 9.84. The number of halogens is 1. The van der Waals surface area contributed by atoms with Gasteiger partial charge in [-0.2, -0.15) is 0 Å². The Labute approximate surface area is 250 Å². The number of hydrogen-bond donors (Lipinski definition) is 2. The predicted octanol–water partition coefficient (Wildman–Crippen LogP) is 6.63. The third-order valence-electron chi connectivity index (χ3n) is 9.14. The maximum absolute atomic E-state index is 15.5. The fourth-order valence-corrected chi connectivity index (χ4v) is 6.82. The van der Waals surface area contributed by atoms with Crippen molar-refractivity contribution in [1.82, 2.24) is 19.9 Å². The summed E-state index contributed by atoms with van der Waals surface area (Å²) in [6.45, 7) is 5.86. The first kappa shape index (κ1) is 28.8. The highest BCUT2D eigenvalue weighted by Crippen LogP contribution is 2.44. The molecule has 0 radical (unpaired) electrons. The molecule has 2 aliphatic rings. The monoisotopic (exact) mass is 584 g/mol. The van der Waals surface area contributed by atoms with Crippen LogP contribution < -0.4 is 10.1 Å². The second-order valence-electron chi connectivity index (χ2n) is 11.9. The molecule has 1 atom stereocenters. The van der Waals surface area contributed by atoms with Gasteiger partial charge in [-0.15, -0.1) is 0 Å². The zero-order valence-corrected chi connectivity index (χ0v) is 25.1. The lowest BCUT2D eigenvalue weighted by molar-refractivity contribution is -0.138. The molecule has 0 spiro atoms. The molecule has 1 saturated carbocycles. The molecule has 43 heavy (non-hydrogen) atoms. The Morgan fingerprint density at radius 3 is 2.65 bits per heavy atom. The van der Waals surface area contributed by atoms with E-state index < -0.39 is 17.7 Å². The summed E-state index contributed by atoms with van der Waals surface area (Å²) >= 11 is 0. The average Bonchev–Trinajstić information content (AvgIpc) is 3.34. The summed E-state index contributed by atoms with van der Waals surface area (Å²) in [5, 5.41) is 13.9. The van der Waals surface area contributed by atoms with Crippen LogP contribution in [0.3, 0.4) is 0 Å². The van der Waals surface area contributed by atoms with Crippen molar-refractivity contribution in [3.63, 3.8) is 0 Å². The second kappa shape index (κ2) is 11.4. The largest absolute Gasteiger partial charge is 0.490 e. The van der Waals surface area contributed by atoms with E-state index in [0.29, 0.717) is 46.8 Å². The number of pyridine rings is 2. The third kappa shape index (κ3) is 5.15. The van der Waals surface area contributed by atoms with Gasteiger partial charge >= 0.3 is 5.97 Å². The predicted molar refractivity (Wildman–Crippen MR) is 163 cm³/mol. The Morgan fingerprint density at radius 2 is 1.91 bits per heavy atom. The van der Waals surface area contributed by atoms with Crippen molar-refractivity contribution >= 4 is 22.9 Å². The van der Waals surface area contributed by atoms with Gasteiger partial charge in [-0.3, -0.25) is 14.6 Å². The Bertz CT molecular complexity index is 1760. The Morgan fingerprint density at radius 1 is 1.14 bits per heavy atom. The molecule has 0 saturated heterocycles. The molecule has 8 nitrogen and oxygen atoms in total. The average molecular weight is 585 g/mol. The topological polar surface area (TPSA) is 106 Å². The van der Waals surface area contributed by atoms with Crippen molar-refractivity contribution in [3.8, 4) is 28.1 Å². The zero-order chi connectivity index (χ0) is 30.4. The standard InChI is InChI=1S/C34H37FN4O4/c1-18-23-11-8-14-43-31(23)26(35)16-24(18)30-25-17-28(39(4)32(25)37-20(3)29(30)19(2)34(41)42)21-12-13-36-27(15-21)33(40)38-22-9-6-5-7-10-22/h12-13,15-17,19,22H,5-11,14H2,1-4H3,(H,38,40)(H,41,42). The molecule has 4 aromatic rings. The highest BCUT2D eigenvalue weighted by atomic mass is 19.1. The molecule has 224 valence electrons. The fourth-order valence-electron chi connectivity index (χ4n) is 6.82. The first-order valence-electron chi connectivity index (χ1n) is 15.1. The maximum Gasteiger partial charge on any atom is 0.310 e. The Hall–Kier alpha value is -4.27. The van der Waals surface area contributed by atoms with E-state index in [9.17, 15) is 14.7 Å². The number of fused-ring (bicyclic) bond motifs is 2. The van der Waals surface area contributed by atoms with Crippen LogP contribution in [0.2, 0.25) is 0 Å². The van der Waals surface area contributed by atoms with Gasteiger partial charge < -0.3 is 19.7 Å². The van der Waals surface area contributed by atoms with Gasteiger partial charge in [0, 0.05) is 41.5 Å². The lowest BCUT2D eigenvalue weighted by Crippen LogP contribution is -2.36. The summed E-state index contributed by atoms with van der Waals surface area (Å²) in [5.41, 5.74) is 6.66. The number of amides is 1. The van der Waals surface area contributed by atoms with Gasteiger partial charge in [-0.1, -0.05) is 19.3 Å². The number of hydrogen-bond acceptors (Lipinski definition) is 5. The number of carbonyl (C=O) groups excluding carboxylic acids is 1. The number of benzene rings is 1. The van der Waals surface area contributed by atoms with Crippen LogP contribution in [0.4, 0.5) is 4.39 Å². The van der Waals surface area contributed by atoms with Crippen LogP contribution in [-0.2, 0) is 18.3 Å². The van der Waals surface area contributed by atoms with Gasteiger partial charge in [0.2, 0.25) is 0 Å². The molecule has 2 N–H and O–H groups in total. The minimum absolute atomic E-state index is 0.166. The molecule has 1 aromatic carbocycles. The maximum atomic E-state index is 15.5. The van der Waals surface area contributed by atoms with Crippen LogP contribution in [0.5, 0.6) is 5.75 Å². The van der Waals surface area contributed by atoms with Crippen LogP contribution in [0, 0.1) is 19.7 Å². The van der Waals surface area contributed by atoms with Crippen LogP contribution in [0.25, 0.3) is 33.4 Å². The molecule has 1 unspecified atom stereocenters. The second-order valence-corrected chi connectivity index (χ2v) is 11.9. The first-order valence-corrected chi connectivity index (χ1v) is 15.1. The third-order valence-corrected chi connectivity index (χ3v) is 9.14. The number of carbonyl (C=O) groups is 2. The van der Waals surface area contributed by atoms with Crippen molar-refractivity contribution in [1.29, 1.82) is 0 Å². The summed E-state index contributed by atoms with van der Waals surface area (Å²) < 4.78 is 23.1. The van der Waals surface area contributed by atoms with E-state index in [4.69, 9.17) is 9.72 Å². The number of carboxylic acid groups (broad SMARTS) is 1. The quantitative estimate of drug-likeness (QED) is 0.263. The molecular weight excluding hydrogens is 547 g/mol. The van der Waals surface area contributed by atoms with E-state index in [1.165, 1.54) is 12.5 Å². The van der Waals surface area contributed by atoms with Gasteiger partial charge in [0.1, 0.15) is 11.3 Å². The van der Waals surface area contributed by atoms with Crippen molar-refractivity contribution in [2.24, 2.45) is 7.05 Å². The smallest absolute Gasteiger partial charge is 0.310 e. The Balaban J connectivity index is 1.53. The van der Waals surface area contributed by atoms with E-state index >= 15 is 4.39 Å². The van der Waals surface area contributed by atoms with E-state index in [0.717, 1.165) is 59.9 Å². The highest BCUT2D eigenvalue weighted by Gasteiger charge is 2.29. The number of aliphatic carboxylic acids is 1. The van der Waals surface area contributed by atoms with E-state index in [2.05, 4.69) is 10.3 Å². The summed E-state index contributed by atoms with van der Waals surface area (Å²) in [6, 6.07) is 7.22. The lowest BCUT2D eigenvalue weighted by Gasteiger charge is -2.24. The summed E-state index contributed by atoms with van der Waals surface area (Å²) in [6.07, 6.45) is 8.50. The molecule has 9 heteroatoms. The van der Waals surface area contributed by atoms with Crippen molar-refractivity contribution in [3.05, 3.63) is 64.4 Å². The van der Waals surface area contributed by atoms with E-state index in [1.54, 1.807) is 26.1 Å². The molecule has 1 aliphatic carbocycles. The number of rotatable bonds is 6. The molecule has 1 fully saturated rings. The van der Waals surface area contributed by atoms with Gasteiger partial charge in [-0.25, -0.2) is 9.37 Å². The minimum atomic E-state index is -0.983. The Kier molecular flexibility index (Phi) is 7.66. The van der Waals surface area contributed by atoms with Crippen molar-refractivity contribution in [2.75, 3.05) is 6.61 Å². The van der Waals surface area contributed by atoms with E-state index in [-0.39, 0.29) is 17.7 Å². The van der Waals surface area contributed by atoms with Gasteiger partial charge in [0.15, 0.2) is 11.6 Å². The minimum Gasteiger partial charge on any atom is -0.490 e. The van der Waals surface area contributed by atoms with Crippen molar-refractivity contribution < 1.29 is 23.8 Å². The van der Waals surface area contributed by atoms with Gasteiger partial charge in [0.25, 0.3) is 5.91 Å². The summed E-state index contributed by atoms with van der Waals surface area (Å²) in [7, 11) is 1.89. The first-order chi connectivity index (χ1) is 20.7. The van der Waals surface area contributed by atoms with Crippen LogP contribution >= 0.6 is 0 Å². The summed E-state index contributed by atoms with van der Waals surface area (Å²) in [5.74, 6) is -2.22. The zero-order valence-electron chi connectivity index (χ0n) is 25.1. The van der Waals surface area contributed by atoms with E-state index in [1.807, 2.05) is 30.7 Å². The van der Waals surface area contributed by atoms with Gasteiger partial charge in [-0.05, 0) is 93.0 Å². The molecule has 3 aromatic heterocycles. The fraction of sp³-hybridized carbons (Fsp3) is 0.412. The van der Waals surface area contributed by atoms with Crippen molar-refractivity contribution in [2.45, 2.75) is 77.7 Å². The molecule has 1 amide bonds. The molecular formula is C34H37FN4O4. The normalized spacial score (nSPS) is 16.0. The number of carboxylic acids is 1. The number of ether oxygens (including phenoxy) is 1. The molecule has 0 bridgehead atoms. The number of aromatic nitrogens is 3. The van der Waals surface area contributed by atoms with Gasteiger partial charge in [0.05, 0.1) is 18.2 Å². The SMILES string of the molecule is Cc1nc2c(cc(-c3ccnc(C(=O)NC4CCCCC4)c3)n2C)c(-c2cc(F)c3c(c2C)CCCO3)c1C(C)C(=O)O. The van der Waals surface area contributed by atoms with Crippen LogP contribution in [0.15, 0.2) is 30.5 Å². The highest BCUT2D eigenvalue weighted by molar-refractivity contribution is 6.02. The van der Waals surface area contributed by atoms with Crippen LogP contribution in [-0.4, -0.2) is 44.2 Å². The summed E-state index contributed by atoms with van der Waals surface area (Å²) in [4.78, 5) is 34.7. The molecule has 6 rings (SSSR count).